The van der Waals surface area contributed by atoms with Gasteiger partial charge < -0.3 is 10.1 Å². The van der Waals surface area contributed by atoms with Gasteiger partial charge >= 0.3 is 0 Å². The summed E-state index contributed by atoms with van der Waals surface area (Å²) in [5.74, 6) is 0.547. The summed E-state index contributed by atoms with van der Waals surface area (Å²) in [7, 11) is 0. The molecule has 0 aliphatic carbocycles. The summed E-state index contributed by atoms with van der Waals surface area (Å²) < 4.78 is 14.0. The van der Waals surface area contributed by atoms with Crippen molar-refractivity contribution in [1.82, 2.24) is 8.75 Å². The molecule has 0 radical (unpaired) electrons. The van der Waals surface area contributed by atoms with Gasteiger partial charge in [-0.25, -0.2) is 0 Å². The highest BCUT2D eigenvalue weighted by Crippen LogP contribution is 2.18. The van der Waals surface area contributed by atoms with Crippen molar-refractivity contribution in [3.8, 4) is 5.75 Å². The number of hydrogen-bond donors (Lipinski definition) is 1. The summed E-state index contributed by atoms with van der Waals surface area (Å²) in [5, 5.41) is 2.91. The monoisotopic (exact) mass is 339 g/mol. The molecule has 6 heteroatoms. The summed E-state index contributed by atoms with van der Waals surface area (Å²) in [6.07, 6.45) is 0. The minimum Gasteiger partial charge on any atom is -0.487 e. The molecule has 122 valence electrons. The lowest BCUT2D eigenvalue weighted by Gasteiger charge is -2.09. The molecule has 0 saturated heterocycles. The lowest BCUT2D eigenvalue weighted by molar-refractivity contribution is 0.102. The van der Waals surface area contributed by atoms with E-state index < -0.39 is 0 Å². The topological polar surface area (TPSA) is 64.1 Å². The summed E-state index contributed by atoms with van der Waals surface area (Å²) in [6.45, 7) is 4.24. The predicted octanol–water partition coefficient (Wildman–Crippen LogP) is 3.99. The van der Waals surface area contributed by atoms with Crippen molar-refractivity contribution in [2.45, 2.75) is 20.5 Å². The normalized spacial score (nSPS) is 10.4. The number of aryl methyl sites for hydroxylation is 2. The van der Waals surface area contributed by atoms with Crippen molar-refractivity contribution < 1.29 is 9.53 Å². The second-order valence-electron chi connectivity index (χ2n) is 5.38. The Balaban J connectivity index is 1.62. The van der Waals surface area contributed by atoms with Crippen LogP contribution >= 0.6 is 11.7 Å². The van der Waals surface area contributed by atoms with Crippen LogP contribution < -0.4 is 10.1 Å². The van der Waals surface area contributed by atoms with Gasteiger partial charge in [-0.05, 0) is 49.7 Å². The minimum atomic E-state index is -0.143. The summed E-state index contributed by atoms with van der Waals surface area (Å²) in [5.41, 5.74) is 4.14. The van der Waals surface area contributed by atoms with Gasteiger partial charge in [-0.2, -0.15) is 8.75 Å². The molecule has 0 spiro atoms. The number of hydrogen-bond acceptors (Lipinski definition) is 5. The van der Waals surface area contributed by atoms with E-state index in [1.807, 2.05) is 38.1 Å². The van der Waals surface area contributed by atoms with E-state index in [4.69, 9.17) is 4.74 Å². The number of ether oxygens (including phenoxy) is 1. The maximum absolute atomic E-state index is 12.3. The molecule has 1 amide bonds. The molecule has 0 atom stereocenters. The van der Waals surface area contributed by atoms with Crippen molar-refractivity contribution in [1.29, 1.82) is 0 Å². The highest BCUT2D eigenvalue weighted by molar-refractivity contribution is 6.99. The van der Waals surface area contributed by atoms with Crippen LogP contribution in [0.4, 0.5) is 5.69 Å². The molecular formula is C18H17N3O2S. The van der Waals surface area contributed by atoms with Crippen LogP contribution in [0.1, 0.15) is 27.3 Å². The van der Waals surface area contributed by atoms with E-state index >= 15 is 0 Å². The number of nitrogens with one attached hydrogen (secondary N) is 1. The second-order valence-corrected chi connectivity index (χ2v) is 5.91. The summed E-state index contributed by atoms with van der Waals surface area (Å²) >= 11 is 1.18. The number of carbonyl (C=O) groups is 1. The Hall–Kier alpha value is -2.73. The molecule has 0 bridgehead atoms. The van der Waals surface area contributed by atoms with Crippen LogP contribution in [0.5, 0.6) is 5.75 Å². The van der Waals surface area contributed by atoms with Gasteiger partial charge in [-0.15, -0.1) is 0 Å². The number of benzene rings is 2. The van der Waals surface area contributed by atoms with Gasteiger partial charge in [0.15, 0.2) is 0 Å². The largest absolute Gasteiger partial charge is 0.487 e. The van der Waals surface area contributed by atoms with Gasteiger partial charge in [0, 0.05) is 11.3 Å². The van der Waals surface area contributed by atoms with Crippen molar-refractivity contribution in [2.75, 3.05) is 5.32 Å². The predicted molar refractivity (Wildman–Crippen MR) is 94.6 cm³/mol. The smallest absolute Gasteiger partial charge is 0.255 e. The van der Waals surface area contributed by atoms with Crippen molar-refractivity contribution in [3.05, 3.63) is 71.0 Å². The van der Waals surface area contributed by atoms with E-state index in [2.05, 4.69) is 14.1 Å². The first kappa shape index (κ1) is 16.1. The fourth-order valence-electron chi connectivity index (χ4n) is 2.14. The van der Waals surface area contributed by atoms with E-state index in [0.29, 0.717) is 17.9 Å². The number of carbonyl (C=O) groups excluding carboxylic acids is 1. The molecule has 2 aromatic carbocycles. The van der Waals surface area contributed by atoms with Crippen molar-refractivity contribution >= 4 is 23.3 Å². The Bertz CT molecular complexity index is 843. The highest BCUT2D eigenvalue weighted by Gasteiger charge is 2.08. The highest BCUT2D eigenvalue weighted by atomic mass is 32.1. The number of aromatic nitrogens is 2. The Kier molecular flexibility index (Phi) is 4.86. The molecule has 3 rings (SSSR count). The first-order chi connectivity index (χ1) is 11.6. The Morgan fingerprint density at radius 2 is 1.83 bits per heavy atom. The zero-order valence-corrected chi connectivity index (χ0v) is 14.3. The van der Waals surface area contributed by atoms with Crippen LogP contribution in [0.2, 0.25) is 0 Å². The van der Waals surface area contributed by atoms with Crippen molar-refractivity contribution in [2.24, 2.45) is 0 Å². The second kappa shape index (κ2) is 7.23. The number of nitrogens with zero attached hydrogens (tertiary/aromatic N) is 2. The molecule has 0 saturated carbocycles. The van der Waals surface area contributed by atoms with E-state index in [0.717, 1.165) is 22.6 Å². The quantitative estimate of drug-likeness (QED) is 0.763. The molecule has 24 heavy (non-hydrogen) atoms. The zero-order valence-electron chi connectivity index (χ0n) is 13.4. The third-order valence-electron chi connectivity index (χ3n) is 3.63. The Labute approximate surface area is 144 Å². The van der Waals surface area contributed by atoms with E-state index in [1.54, 1.807) is 24.3 Å². The molecule has 0 aliphatic rings. The van der Waals surface area contributed by atoms with Gasteiger partial charge in [-0.1, -0.05) is 18.2 Å². The molecule has 1 N–H and O–H groups in total. The molecule has 0 aliphatic heterocycles. The summed E-state index contributed by atoms with van der Waals surface area (Å²) in [6, 6.07) is 14.7. The number of para-hydroxylation sites is 1. The molecule has 0 unspecified atom stereocenters. The van der Waals surface area contributed by atoms with Gasteiger partial charge in [0.25, 0.3) is 5.91 Å². The molecule has 5 nitrogen and oxygen atoms in total. The average molecular weight is 339 g/mol. The van der Waals surface area contributed by atoms with Crippen LogP contribution in [0.3, 0.4) is 0 Å². The third kappa shape index (κ3) is 3.78. The Morgan fingerprint density at radius 3 is 2.50 bits per heavy atom. The zero-order chi connectivity index (χ0) is 16.9. The van der Waals surface area contributed by atoms with E-state index in [-0.39, 0.29) is 5.91 Å². The number of rotatable bonds is 5. The van der Waals surface area contributed by atoms with Gasteiger partial charge in [0.1, 0.15) is 18.1 Å². The SMILES string of the molecule is Cc1ccccc1NC(=O)c1ccc(OCc2nsnc2C)cc1. The molecular weight excluding hydrogens is 322 g/mol. The lowest BCUT2D eigenvalue weighted by Crippen LogP contribution is -2.12. The van der Waals surface area contributed by atoms with Crippen LogP contribution in [-0.2, 0) is 6.61 Å². The first-order valence-electron chi connectivity index (χ1n) is 7.51. The summed E-state index contributed by atoms with van der Waals surface area (Å²) in [4.78, 5) is 12.3. The maximum atomic E-state index is 12.3. The molecule has 1 heterocycles. The molecule has 0 fully saturated rings. The third-order valence-corrected chi connectivity index (χ3v) is 4.29. The fourth-order valence-corrected chi connectivity index (χ4v) is 2.69. The lowest BCUT2D eigenvalue weighted by atomic mass is 10.1. The standard InChI is InChI=1S/C18H17N3O2S/c1-12-5-3-4-6-16(12)19-18(22)14-7-9-15(10-8-14)23-11-17-13(2)20-24-21-17/h3-10H,11H2,1-2H3,(H,19,22). The van der Waals surface area contributed by atoms with E-state index in [1.165, 1.54) is 11.7 Å². The van der Waals surface area contributed by atoms with Gasteiger partial charge in [0.2, 0.25) is 0 Å². The fraction of sp³-hybridized carbons (Fsp3) is 0.167. The van der Waals surface area contributed by atoms with Gasteiger partial charge in [-0.3, -0.25) is 4.79 Å². The minimum absolute atomic E-state index is 0.143. The number of amides is 1. The van der Waals surface area contributed by atoms with Crippen molar-refractivity contribution in [3.63, 3.8) is 0 Å². The van der Waals surface area contributed by atoms with Crippen LogP contribution in [0.25, 0.3) is 0 Å². The molecule has 3 aromatic rings. The van der Waals surface area contributed by atoms with Crippen LogP contribution in [0.15, 0.2) is 48.5 Å². The van der Waals surface area contributed by atoms with Crippen LogP contribution in [-0.4, -0.2) is 14.7 Å². The first-order valence-corrected chi connectivity index (χ1v) is 8.24. The Morgan fingerprint density at radius 1 is 1.08 bits per heavy atom. The molecule has 1 aromatic heterocycles. The van der Waals surface area contributed by atoms with Crippen LogP contribution in [0, 0.1) is 13.8 Å². The maximum Gasteiger partial charge on any atom is 0.255 e. The van der Waals surface area contributed by atoms with E-state index in [9.17, 15) is 4.79 Å². The number of anilines is 1. The van der Waals surface area contributed by atoms with Gasteiger partial charge in [0.05, 0.1) is 17.4 Å². The average Bonchev–Trinajstić information content (AvgIpc) is 3.00.